The fourth-order valence-corrected chi connectivity index (χ4v) is 10.7. The first-order chi connectivity index (χ1) is 40.0. The predicted molar refractivity (Wildman–Crippen MR) is 353 cm³/mol. The van der Waals surface area contributed by atoms with Gasteiger partial charge >= 0.3 is 17.9 Å². The van der Waals surface area contributed by atoms with Crippen LogP contribution in [0.25, 0.3) is 0 Å². The van der Waals surface area contributed by atoms with Gasteiger partial charge in [0.1, 0.15) is 13.2 Å². The van der Waals surface area contributed by atoms with Crippen LogP contribution in [0.3, 0.4) is 0 Å². The molecule has 0 aliphatic rings. The molecule has 0 bridgehead atoms. The van der Waals surface area contributed by atoms with Crippen LogP contribution in [0.1, 0.15) is 380 Å². The van der Waals surface area contributed by atoms with E-state index < -0.39 is 6.10 Å². The minimum absolute atomic E-state index is 0.0676. The van der Waals surface area contributed by atoms with Gasteiger partial charge in [-0.3, -0.25) is 14.4 Å². The highest BCUT2D eigenvalue weighted by Gasteiger charge is 2.19. The van der Waals surface area contributed by atoms with Gasteiger partial charge in [-0.05, 0) is 64.2 Å². The van der Waals surface area contributed by atoms with Crippen molar-refractivity contribution in [2.24, 2.45) is 0 Å². The van der Waals surface area contributed by atoms with Crippen molar-refractivity contribution in [2.45, 2.75) is 386 Å². The second-order valence-electron chi connectivity index (χ2n) is 24.1. The second kappa shape index (κ2) is 69.6. The number of ether oxygens (including phenoxy) is 3. The number of hydrogen-bond acceptors (Lipinski definition) is 6. The molecule has 0 spiro atoms. The molecule has 0 aromatic carbocycles. The van der Waals surface area contributed by atoms with Crippen molar-refractivity contribution >= 4 is 17.9 Å². The molecule has 6 heteroatoms. The van der Waals surface area contributed by atoms with E-state index in [1.165, 1.54) is 250 Å². The van der Waals surface area contributed by atoms with Crippen LogP contribution in [-0.2, 0) is 28.6 Å². The topological polar surface area (TPSA) is 78.9 Å². The SMILES string of the molecule is CC/C=C\C/C=C\C/C=C\C/C=C\C/C=C\CCCCCCCCCCCCCCCC(=O)OCC(COC(=O)CCCCCCCCCCCCCC)OC(=O)CCCCCCCCCCCCCCCCCCCCCCCC. The number of unbranched alkanes of at least 4 members (excludes halogenated alkanes) is 45. The average molecular weight is 1130 g/mol. The van der Waals surface area contributed by atoms with Gasteiger partial charge in [-0.25, -0.2) is 0 Å². The number of esters is 3. The van der Waals surface area contributed by atoms with Gasteiger partial charge in [0, 0.05) is 19.3 Å². The summed E-state index contributed by atoms with van der Waals surface area (Å²) in [6, 6.07) is 0. The fraction of sp³-hybridized carbons (Fsp3) is 0.827. The molecule has 0 fully saturated rings. The van der Waals surface area contributed by atoms with Crippen LogP contribution in [0.5, 0.6) is 0 Å². The van der Waals surface area contributed by atoms with Crippen molar-refractivity contribution in [1.29, 1.82) is 0 Å². The molecular formula is C75H136O6. The molecule has 0 saturated carbocycles. The Balaban J connectivity index is 4.20. The monoisotopic (exact) mass is 1130 g/mol. The zero-order valence-electron chi connectivity index (χ0n) is 54.3. The third-order valence-corrected chi connectivity index (χ3v) is 16.0. The molecule has 0 saturated heterocycles. The highest BCUT2D eigenvalue weighted by atomic mass is 16.6. The maximum atomic E-state index is 13.0. The third kappa shape index (κ3) is 67.8. The lowest BCUT2D eigenvalue weighted by Crippen LogP contribution is -2.30. The number of carbonyl (C=O) groups is 3. The molecule has 6 nitrogen and oxygen atoms in total. The smallest absolute Gasteiger partial charge is 0.306 e. The summed E-state index contributed by atoms with van der Waals surface area (Å²) in [7, 11) is 0. The zero-order chi connectivity index (χ0) is 58.5. The van der Waals surface area contributed by atoms with Crippen LogP contribution in [0.2, 0.25) is 0 Å². The van der Waals surface area contributed by atoms with Crippen molar-refractivity contribution in [1.82, 2.24) is 0 Å². The average Bonchev–Trinajstić information content (AvgIpc) is 3.47. The van der Waals surface area contributed by atoms with Crippen LogP contribution < -0.4 is 0 Å². The molecule has 0 aliphatic heterocycles. The lowest BCUT2D eigenvalue weighted by atomic mass is 10.0. The van der Waals surface area contributed by atoms with E-state index in [4.69, 9.17) is 14.2 Å². The minimum Gasteiger partial charge on any atom is -0.462 e. The van der Waals surface area contributed by atoms with Crippen molar-refractivity contribution in [3.8, 4) is 0 Å². The Kier molecular flexibility index (Phi) is 67.1. The summed E-state index contributed by atoms with van der Waals surface area (Å²) in [5.41, 5.74) is 0. The first-order valence-electron chi connectivity index (χ1n) is 35.8. The fourth-order valence-electron chi connectivity index (χ4n) is 10.7. The van der Waals surface area contributed by atoms with E-state index in [2.05, 4.69) is 81.5 Å². The van der Waals surface area contributed by atoms with Crippen molar-refractivity contribution in [3.05, 3.63) is 60.8 Å². The molecule has 0 aromatic heterocycles. The highest BCUT2D eigenvalue weighted by Crippen LogP contribution is 2.19. The Morgan fingerprint density at radius 3 is 0.753 bits per heavy atom. The number of hydrogen-bond donors (Lipinski definition) is 0. The zero-order valence-corrected chi connectivity index (χ0v) is 54.3. The standard InChI is InChI=1S/C75H136O6/c1-4-7-10-13-16-19-22-25-27-29-31-33-35-36-37-38-39-40-41-43-44-46-48-50-53-56-59-62-65-68-74(77)80-71-72(70-79-73(76)67-64-61-58-55-52-24-21-18-15-12-9-6-3)81-75(78)69-66-63-60-57-54-51-49-47-45-42-34-32-30-28-26-23-20-17-14-11-8-5-2/h7,10,16,19,25,27,31,33,36-37,72H,4-6,8-9,11-15,17-18,20-24,26,28-30,32,34-35,38-71H2,1-3H3/b10-7-,19-16-,27-25-,33-31-,37-36-. The van der Waals surface area contributed by atoms with Crippen LogP contribution in [-0.4, -0.2) is 37.2 Å². The van der Waals surface area contributed by atoms with E-state index in [-0.39, 0.29) is 31.1 Å². The molecule has 1 atom stereocenters. The predicted octanol–water partition coefficient (Wildman–Crippen LogP) is 24.7. The van der Waals surface area contributed by atoms with E-state index >= 15 is 0 Å². The molecule has 1 unspecified atom stereocenters. The summed E-state index contributed by atoms with van der Waals surface area (Å²) >= 11 is 0. The van der Waals surface area contributed by atoms with Crippen molar-refractivity contribution < 1.29 is 28.6 Å². The van der Waals surface area contributed by atoms with Crippen LogP contribution in [0.15, 0.2) is 60.8 Å². The molecule has 0 rings (SSSR count). The van der Waals surface area contributed by atoms with Gasteiger partial charge in [-0.1, -0.05) is 358 Å². The third-order valence-electron chi connectivity index (χ3n) is 16.0. The minimum atomic E-state index is -0.771. The number of rotatable bonds is 66. The van der Waals surface area contributed by atoms with Gasteiger partial charge in [0.05, 0.1) is 0 Å². The molecular weight excluding hydrogens is 997 g/mol. The second-order valence-corrected chi connectivity index (χ2v) is 24.1. The molecule has 0 amide bonds. The number of allylic oxidation sites excluding steroid dienone is 10. The Morgan fingerprint density at radius 1 is 0.259 bits per heavy atom. The van der Waals surface area contributed by atoms with Crippen molar-refractivity contribution in [3.63, 3.8) is 0 Å². The first-order valence-corrected chi connectivity index (χ1v) is 35.8. The molecule has 0 radical (unpaired) electrons. The summed E-state index contributed by atoms with van der Waals surface area (Å²) in [6.07, 6.45) is 89.7. The van der Waals surface area contributed by atoms with Gasteiger partial charge in [-0.15, -0.1) is 0 Å². The molecule has 0 heterocycles. The largest absolute Gasteiger partial charge is 0.462 e. The summed E-state index contributed by atoms with van der Waals surface area (Å²) in [5.74, 6) is -0.842. The summed E-state index contributed by atoms with van der Waals surface area (Å²) in [4.78, 5) is 38.4. The summed E-state index contributed by atoms with van der Waals surface area (Å²) in [5, 5.41) is 0. The quantitative estimate of drug-likeness (QED) is 0.0261. The van der Waals surface area contributed by atoms with Gasteiger partial charge in [0.25, 0.3) is 0 Å². The van der Waals surface area contributed by atoms with E-state index in [0.29, 0.717) is 19.3 Å². The van der Waals surface area contributed by atoms with Gasteiger partial charge in [0.2, 0.25) is 0 Å². The Hall–Kier alpha value is -2.89. The Morgan fingerprint density at radius 2 is 0.481 bits per heavy atom. The van der Waals surface area contributed by atoms with E-state index in [0.717, 1.165) is 89.9 Å². The van der Waals surface area contributed by atoms with Crippen LogP contribution >= 0.6 is 0 Å². The normalized spacial score (nSPS) is 12.4. The molecule has 81 heavy (non-hydrogen) atoms. The summed E-state index contributed by atoms with van der Waals surface area (Å²) in [6.45, 7) is 6.59. The highest BCUT2D eigenvalue weighted by molar-refractivity contribution is 5.71. The lowest BCUT2D eigenvalue weighted by Gasteiger charge is -2.18. The Bertz CT molecular complexity index is 1440. The molecule has 0 aliphatic carbocycles. The molecule has 0 aromatic rings. The first kappa shape index (κ1) is 78.1. The van der Waals surface area contributed by atoms with E-state index in [1.54, 1.807) is 0 Å². The van der Waals surface area contributed by atoms with Crippen molar-refractivity contribution in [2.75, 3.05) is 13.2 Å². The summed E-state index contributed by atoms with van der Waals surface area (Å²) < 4.78 is 17.0. The molecule has 472 valence electrons. The van der Waals surface area contributed by atoms with Crippen LogP contribution in [0, 0.1) is 0 Å². The van der Waals surface area contributed by atoms with Crippen LogP contribution in [0.4, 0.5) is 0 Å². The molecule has 0 N–H and O–H groups in total. The maximum Gasteiger partial charge on any atom is 0.306 e. The maximum absolute atomic E-state index is 13.0. The van der Waals surface area contributed by atoms with Gasteiger partial charge < -0.3 is 14.2 Å². The number of carbonyl (C=O) groups excluding carboxylic acids is 3. The van der Waals surface area contributed by atoms with E-state index in [9.17, 15) is 14.4 Å². The lowest BCUT2D eigenvalue weighted by molar-refractivity contribution is -0.167. The van der Waals surface area contributed by atoms with Gasteiger partial charge in [0.15, 0.2) is 6.10 Å². The Labute approximate surface area is 504 Å². The van der Waals surface area contributed by atoms with E-state index in [1.807, 2.05) is 0 Å². The van der Waals surface area contributed by atoms with Gasteiger partial charge in [-0.2, -0.15) is 0 Å².